The zero-order valence-electron chi connectivity index (χ0n) is 11.6. The number of hydrogen-bond donors (Lipinski definition) is 1. The molecule has 0 saturated carbocycles. The number of rotatable bonds is 4. The van der Waals surface area contributed by atoms with Crippen LogP contribution in [0.3, 0.4) is 0 Å². The first-order chi connectivity index (χ1) is 10.2. The highest BCUT2D eigenvalue weighted by molar-refractivity contribution is 5.40. The topological polar surface area (TPSA) is 38.7 Å². The second kappa shape index (κ2) is 7.32. The molecule has 2 aromatic rings. The molecule has 0 amide bonds. The van der Waals surface area contributed by atoms with Gasteiger partial charge in [-0.1, -0.05) is 24.0 Å². The second-order valence-corrected chi connectivity index (χ2v) is 4.27. The molecule has 0 aliphatic rings. The molecule has 2 rings (SSSR count). The smallest absolute Gasteiger partial charge is 0.128 e. The molecule has 0 saturated heterocycles. The molecule has 21 heavy (non-hydrogen) atoms. The first-order valence-corrected chi connectivity index (χ1v) is 6.37. The Balaban J connectivity index is 2.06. The van der Waals surface area contributed by atoms with Gasteiger partial charge in [0.2, 0.25) is 0 Å². The highest BCUT2D eigenvalue weighted by Gasteiger charge is 2.02. The van der Waals surface area contributed by atoms with Crippen LogP contribution in [0.4, 0.5) is 4.39 Å². The molecule has 4 heteroatoms. The van der Waals surface area contributed by atoms with Gasteiger partial charge in [-0.05, 0) is 29.8 Å². The lowest BCUT2D eigenvalue weighted by molar-refractivity contribution is 0.304. The highest BCUT2D eigenvalue weighted by atomic mass is 19.1. The van der Waals surface area contributed by atoms with Crippen molar-refractivity contribution in [2.75, 3.05) is 13.7 Å². The fourth-order valence-electron chi connectivity index (χ4n) is 1.75. The number of benzene rings is 2. The van der Waals surface area contributed by atoms with Crippen molar-refractivity contribution in [3.63, 3.8) is 0 Å². The van der Waals surface area contributed by atoms with Crippen molar-refractivity contribution in [1.82, 2.24) is 0 Å². The van der Waals surface area contributed by atoms with Gasteiger partial charge >= 0.3 is 0 Å². The van der Waals surface area contributed by atoms with E-state index in [1.165, 1.54) is 12.1 Å². The van der Waals surface area contributed by atoms with E-state index in [2.05, 4.69) is 11.8 Å². The molecule has 0 aliphatic heterocycles. The van der Waals surface area contributed by atoms with Crippen molar-refractivity contribution in [1.29, 1.82) is 0 Å². The van der Waals surface area contributed by atoms with Crippen LogP contribution in [-0.4, -0.2) is 18.8 Å². The minimum atomic E-state index is -0.426. The number of aliphatic hydroxyl groups excluding tert-OH is 1. The van der Waals surface area contributed by atoms with Crippen LogP contribution in [0.1, 0.15) is 11.1 Å². The predicted octanol–water partition coefficient (Wildman–Crippen LogP) is 2.76. The zero-order valence-corrected chi connectivity index (χ0v) is 11.6. The third kappa shape index (κ3) is 4.51. The van der Waals surface area contributed by atoms with Gasteiger partial charge < -0.3 is 14.6 Å². The summed E-state index contributed by atoms with van der Waals surface area (Å²) in [6, 6.07) is 11.7. The monoisotopic (exact) mass is 286 g/mol. The number of aliphatic hydroxyl groups is 1. The Morgan fingerprint density at radius 2 is 1.86 bits per heavy atom. The average molecular weight is 286 g/mol. The van der Waals surface area contributed by atoms with Crippen molar-refractivity contribution in [3.05, 3.63) is 59.4 Å². The van der Waals surface area contributed by atoms with Crippen LogP contribution in [-0.2, 0) is 6.61 Å². The van der Waals surface area contributed by atoms with E-state index < -0.39 is 5.82 Å². The van der Waals surface area contributed by atoms with Gasteiger partial charge in [0, 0.05) is 11.6 Å². The largest absolute Gasteiger partial charge is 0.497 e. The van der Waals surface area contributed by atoms with Crippen LogP contribution in [0.15, 0.2) is 42.5 Å². The molecule has 2 aromatic carbocycles. The molecule has 0 bridgehead atoms. The highest BCUT2D eigenvalue weighted by Crippen LogP contribution is 2.18. The molecule has 0 radical (unpaired) electrons. The summed E-state index contributed by atoms with van der Waals surface area (Å²) in [5.74, 6) is 5.87. The molecule has 0 unspecified atom stereocenters. The fourth-order valence-corrected chi connectivity index (χ4v) is 1.75. The molecule has 0 fully saturated rings. The molecular formula is C17H15FO3. The molecule has 0 aromatic heterocycles. The van der Waals surface area contributed by atoms with E-state index in [-0.39, 0.29) is 6.61 Å². The summed E-state index contributed by atoms with van der Waals surface area (Å²) in [5.41, 5.74) is 1.41. The number of hydrogen-bond acceptors (Lipinski definition) is 3. The maximum absolute atomic E-state index is 13.5. The predicted molar refractivity (Wildman–Crippen MR) is 77.7 cm³/mol. The Labute approximate surface area is 122 Å². The lowest BCUT2D eigenvalue weighted by atomic mass is 10.2. The van der Waals surface area contributed by atoms with E-state index in [0.29, 0.717) is 17.9 Å². The van der Waals surface area contributed by atoms with Gasteiger partial charge in [-0.3, -0.25) is 0 Å². The fraction of sp³-hybridized carbons (Fsp3) is 0.176. The quantitative estimate of drug-likeness (QED) is 0.878. The van der Waals surface area contributed by atoms with Crippen LogP contribution in [0.2, 0.25) is 0 Å². The van der Waals surface area contributed by atoms with Gasteiger partial charge in [-0.15, -0.1) is 0 Å². The van der Waals surface area contributed by atoms with E-state index in [4.69, 9.17) is 14.6 Å². The molecular weight excluding hydrogens is 271 g/mol. The lowest BCUT2D eigenvalue weighted by Crippen LogP contribution is -1.96. The SMILES string of the molecule is COc1ccc(COc2cc(F)cc(C#CCO)c2)cc1. The Bertz CT molecular complexity index is 654. The van der Waals surface area contributed by atoms with Crippen LogP contribution >= 0.6 is 0 Å². The van der Waals surface area contributed by atoms with Crippen molar-refractivity contribution >= 4 is 0 Å². The third-order valence-corrected chi connectivity index (χ3v) is 2.75. The average Bonchev–Trinajstić information content (AvgIpc) is 2.51. The minimum Gasteiger partial charge on any atom is -0.497 e. The number of ether oxygens (including phenoxy) is 2. The maximum atomic E-state index is 13.5. The van der Waals surface area contributed by atoms with Crippen molar-refractivity contribution < 1.29 is 19.0 Å². The standard InChI is InChI=1S/C17H15FO3/c1-20-16-6-4-13(5-7-16)12-21-17-10-14(3-2-8-19)9-15(18)11-17/h4-7,9-11,19H,8,12H2,1H3. The molecule has 1 N–H and O–H groups in total. The molecule has 0 aliphatic carbocycles. The third-order valence-electron chi connectivity index (χ3n) is 2.75. The summed E-state index contributed by atoms with van der Waals surface area (Å²) in [4.78, 5) is 0. The van der Waals surface area contributed by atoms with E-state index in [1.54, 1.807) is 13.2 Å². The molecule has 0 atom stereocenters. The van der Waals surface area contributed by atoms with Crippen molar-refractivity contribution in [2.45, 2.75) is 6.61 Å². The van der Waals surface area contributed by atoms with Gasteiger partial charge in [-0.25, -0.2) is 4.39 Å². The van der Waals surface area contributed by atoms with Gasteiger partial charge in [0.15, 0.2) is 0 Å². The van der Waals surface area contributed by atoms with Crippen molar-refractivity contribution in [3.8, 4) is 23.3 Å². The van der Waals surface area contributed by atoms with Crippen LogP contribution in [0, 0.1) is 17.7 Å². The van der Waals surface area contributed by atoms with E-state index in [9.17, 15) is 4.39 Å². The van der Waals surface area contributed by atoms with Gasteiger partial charge in [0.25, 0.3) is 0 Å². The first-order valence-electron chi connectivity index (χ1n) is 6.37. The Morgan fingerprint density at radius 3 is 2.52 bits per heavy atom. The van der Waals surface area contributed by atoms with Crippen LogP contribution < -0.4 is 9.47 Å². The van der Waals surface area contributed by atoms with Crippen molar-refractivity contribution in [2.24, 2.45) is 0 Å². The van der Waals surface area contributed by atoms with Crippen LogP contribution in [0.5, 0.6) is 11.5 Å². The first kappa shape index (κ1) is 14.9. The van der Waals surface area contributed by atoms with Crippen LogP contribution in [0.25, 0.3) is 0 Å². The maximum Gasteiger partial charge on any atom is 0.128 e. The lowest BCUT2D eigenvalue weighted by Gasteiger charge is -2.08. The molecule has 0 heterocycles. The zero-order chi connectivity index (χ0) is 15.1. The Kier molecular flexibility index (Phi) is 5.19. The molecule has 0 spiro atoms. The summed E-state index contributed by atoms with van der Waals surface area (Å²) in [7, 11) is 1.60. The normalized spacial score (nSPS) is 9.67. The summed E-state index contributed by atoms with van der Waals surface area (Å²) >= 11 is 0. The summed E-state index contributed by atoms with van der Waals surface area (Å²) in [6.45, 7) is 0.0544. The molecule has 3 nitrogen and oxygen atoms in total. The van der Waals surface area contributed by atoms with Gasteiger partial charge in [0.1, 0.15) is 30.5 Å². The van der Waals surface area contributed by atoms with E-state index >= 15 is 0 Å². The second-order valence-electron chi connectivity index (χ2n) is 4.27. The summed E-state index contributed by atoms with van der Waals surface area (Å²) < 4.78 is 24.1. The number of halogens is 1. The summed E-state index contributed by atoms with van der Waals surface area (Å²) in [6.07, 6.45) is 0. The number of methoxy groups -OCH3 is 1. The van der Waals surface area contributed by atoms with E-state index in [1.807, 2.05) is 24.3 Å². The van der Waals surface area contributed by atoms with E-state index in [0.717, 1.165) is 11.3 Å². The van der Waals surface area contributed by atoms with Gasteiger partial charge in [-0.2, -0.15) is 0 Å². The minimum absolute atomic E-state index is 0.265. The Hall–Kier alpha value is -2.51. The Morgan fingerprint density at radius 1 is 1.10 bits per heavy atom. The van der Waals surface area contributed by atoms with Gasteiger partial charge in [0.05, 0.1) is 7.11 Å². The molecule has 108 valence electrons. The summed E-state index contributed by atoms with van der Waals surface area (Å²) in [5, 5.41) is 8.65.